The number of rotatable bonds is 4. The average Bonchev–Trinajstić information content (AvgIpc) is 3.21. The van der Waals surface area contributed by atoms with E-state index in [4.69, 9.17) is 0 Å². The first-order valence-electron chi connectivity index (χ1n) is 7.24. The number of nitrogens with zero attached hydrogens (tertiary/aromatic N) is 1. The number of hydrogen-bond donors (Lipinski definition) is 1. The van der Waals surface area contributed by atoms with E-state index in [1.807, 2.05) is 0 Å². The molecule has 0 radical (unpaired) electrons. The summed E-state index contributed by atoms with van der Waals surface area (Å²) in [6.45, 7) is 3.49. The van der Waals surface area contributed by atoms with Crippen molar-refractivity contribution in [2.24, 2.45) is 5.92 Å². The molecule has 6 heteroatoms. The van der Waals surface area contributed by atoms with Crippen molar-refractivity contribution in [3.63, 3.8) is 0 Å². The molecular weight excluding hydrogens is 362 g/mol. The Kier molecular flexibility index (Phi) is 6.00. The van der Waals surface area contributed by atoms with Gasteiger partial charge in [0, 0.05) is 42.3 Å². The van der Waals surface area contributed by atoms with Crippen molar-refractivity contribution in [3.05, 3.63) is 33.8 Å². The molecule has 2 fully saturated rings. The number of benzene rings is 1. The summed E-state index contributed by atoms with van der Waals surface area (Å²) in [5.74, 6) is -0.223. The zero-order valence-corrected chi connectivity index (χ0v) is 14.2. The molecule has 1 aromatic rings. The first-order chi connectivity index (χ1) is 9.65. The highest BCUT2D eigenvalue weighted by Crippen LogP contribution is 2.41. The zero-order chi connectivity index (χ0) is 14.1. The highest BCUT2D eigenvalue weighted by molar-refractivity contribution is 9.10. The van der Waals surface area contributed by atoms with Crippen LogP contribution < -0.4 is 5.32 Å². The summed E-state index contributed by atoms with van der Waals surface area (Å²) in [6, 6.07) is 2.62. The minimum Gasteiger partial charge on any atom is -0.314 e. The van der Waals surface area contributed by atoms with E-state index in [2.05, 4.69) is 26.1 Å². The molecule has 3 rings (SSSR count). The van der Waals surface area contributed by atoms with Crippen LogP contribution in [0.2, 0.25) is 0 Å². The molecule has 2 aliphatic rings. The summed E-state index contributed by atoms with van der Waals surface area (Å²) in [6.07, 6.45) is 3.26. The van der Waals surface area contributed by atoms with Crippen LogP contribution in [0.3, 0.4) is 0 Å². The van der Waals surface area contributed by atoms with Crippen LogP contribution in [0.25, 0.3) is 0 Å². The Morgan fingerprint density at radius 1 is 1.19 bits per heavy atom. The van der Waals surface area contributed by atoms with Crippen LogP contribution in [0, 0.1) is 17.6 Å². The van der Waals surface area contributed by atoms with Gasteiger partial charge in [-0.05, 0) is 24.5 Å². The fraction of sp³-hybridized carbons (Fsp3) is 0.600. The molecule has 0 spiro atoms. The second-order valence-corrected chi connectivity index (χ2v) is 6.68. The molecule has 1 heterocycles. The van der Waals surface area contributed by atoms with Gasteiger partial charge in [0.25, 0.3) is 0 Å². The van der Waals surface area contributed by atoms with Gasteiger partial charge < -0.3 is 5.32 Å². The van der Waals surface area contributed by atoms with Crippen LogP contribution in [0.1, 0.15) is 30.9 Å². The predicted octanol–water partition coefficient (Wildman–Crippen LogP) is 3.90. The summed E-state index contributed by atoms with van der Waals surface area (Å²) in [5, 5.41) is 3.29. The number of halogens is 4. The quantitative estimate of drug-likeness (QED) is 0.851. The maximum absolute atomic E-state index is 14.3. The maximum Gasteiger partial charge on any atom is 0.132 e. The van der Waals surface area contributed by atoms with Gasteiger partial charge in [0.1, 0.15) is 11.6 Å². The molecule has 1 saturated heterocycles. The third-order valence-corrected chi connectivity index (χ3v) is 4.68. The molecular formula is C15H20BrClF2N2. The van der Waals surface area contributed by atoms with Crippen molar-refractivity contribution in [1.82, 2.24) is 10.2 Å². The SMILES string of the molecule is Cl.Fc1cc(Br)cc(F)c1[C@@H](CC1CC1)N1CCNCC1. The van der Waals surface area contributed by atoms with E-state index in [0.717, 1.165) is 32.6 Å². The molecule has 0 aromatic heterocycles. The lowest BCUT2D eigenvalue weighted by atomic mass is 9.97. The van der Waals surface area contributed by atoms with Crippen LogP contribution in [-0.2, 0) is 0 Å². The lowest BCUT2D eigenvalue weighted by Gasteiger charge is -2.35. The van der Waals surface area contributed by atoms with Crippen LogP contribution in [0.4, 0.5) is 8.78 Å². The van der Waals surface area contributed by atoms with Crippen molar-refractivity contribution in [2.45, 2.75) is 25.3 Å². The van der Waals surface area contributed by atoms with Crippen molar-refractivity contribution >= 4 is 28.3 Å². The molecule has 0 unspecified atom stereocenters. The Bertz CT molecular complexity index is 468. The molecule has 1 atom stereocenters. The molecule has 118 valence electrons. The monoisotopic (exact) mass is 380 g/mol. The van der Waals surface area contributed by atoms with Gasteiger partial charge in [-0.25, -0.2) is 8.78 Å². The van der Waals surface area contributed by atoms with E-state index in [1.165, 1.54) is 25.0 Å². The molecule has 0 amide bonds. The lowest BCUT2D eigenvalue weighted by molar-refractivity contribution is 0.154. The Morgan fingerprint density at radius 3 is 2.29 bits per heavy atom. The van der Waals surface area contributed by atoms with Crippen LogP contribution >= 0.6 is 28.3 Å². The molecule has 1 aliphatic carbocycles. The molecule has 1 N–H and O–H groups in total. The van der Waals surface area contributed by atoms with Crippen molar-refractivity contribution < 1.29 is 8.78 Å². The smallest absolute Gasteiger partial charge is 0.132 e. The Labute approximate surface area is 138 Å². The van der Waals surface area contributed by atoms with Crippen LogP contribution in [-0.4, -0.2) is 31.1 Å². The topological polar surface area (TPSA) is 15.3 Å². The summed E-state index contributed by atoms with van der Waals surface area (Å²) in [4.78, 5) is 2.23. The minimum absolute atomic E-state index is 0. The van der Waals surface area contributed by atoms with Gasteiger partial charge in [0.05, 0.1) is 0 Å². The Morgan fingerprint density at radius 2 is 1.76 bits per heavy atom. The van der Waals surface area contributed by atoms with Crippen molar-refractivity contribution in [2.75, 3.05) is 26.2 Å². The zero-order valence-electron chi connectivity index (χ0n) is 11.7. The van der Waals surface area contributed by atoms with Gasteiger partial charge in [-0.2, -0.15) is 0 Å². The third-order valence-electron chi connectivity index (χ3n) is 4.22. The first kappa shape index (κ1) is 17.1. The summed E-state index contributed by atoms with van der Waals surface area (Å²) >= 11 is 3.15. The van der Waals surface area contributed by atoms with Gasteiger partial charge in [-0.3, -0.25) is 4.90 Å². The normalized spacial score (nSPS) is 20.9. The van der Waals surface area contributed by atoms with E-state index in [1.54, 1.807) is 0 Å². The van der Waals surface area contributed by atoms with E-state index >= 15 is 0 Å². The number of piperazine rings is 1. The summed E-state index contributed by atoms with van der Waals surface area (Å²) in [7, 11) is 0. The highest BCUT2D eigenvalue weighted by atomic mass is 79.9. The van der Waals surface area contributed by atoms with Gasteiger partial charge >= 0.3 is 0 Å². The second-order valence-electron chi connectivity index (χ2n) is 5.76. The van der Waals surface area contributed by atoms with Gasteiger partial charge in [0.15, 0.2) is 0 Å². The minimum atomic E-state index is -0.430. The van der Waals surface area contributed by atoms with Gasteiger partial charge in [-0.15, -0.1) is 12.4 Å². The van der Waals surface area contributed by atoms with E-state index in [0.29, 0.717) is 10.4 Å². The fourth-order valence-electron chi connectivity index (χ4n) is 2.98. The molecule has 1 aliphatic heterocycles. The molecule has 21 heavy (non-hydrogen) atoms. The molecule has 2 nitrogen and oxygen atoms in total. The lowest BCUT2D eigenvalue weighted by Crippen LogP contribution is -2.45. The van der Waals surface area contributed by atoms with Crippen LogP contribution in [0.15, 0.2) is 16.6 Å². The molecule has 1 saturated carbocycles. The summed E-state index contributed by atoms with van der Waals surface area (Å²) < 4.78 is 29.0. The van der Waals surface area contributed by atoms with E-state index < -0.39 is 11.6 Å². The van der Waals surface area contributed by atoms with Crippen LogP contribution in [0.5, 0.6) is 0 Å². The first-order valence-corrected chi connectivity index (χ1v) is 8.03. The molecule has 0 bridgehead atoms. The third kappa shape index (κ3) is 4.15. The number of hydrogen-bond acceptors (Lipinski definition) is 2. The standard InChI is InChI=1S/C15H19BrF2N2.ClH/c16-11-8-12(17)15(13(18)9-11)14(7-10-1-2-10)20-5-3-19-4-6-20;/h8-10,14,19H,1-7H2;1H/t14-;/m1./s1. The average molecular weight is 382 g/mol. The van der Waals surface area contributed by atoms with E-state index in [9.17, 15) is 8.78 Å². The maximum atomic E-state index is 14.3. The largest absolute Gasteiger partial charge is 0.314 e. The second kappa shape index (κ2) is 7.36. The summed E-state index contributed by atoms with van der Waals surface area (Å²) in [5.41, 5.74) is 0.252. The Balaban J connectivity index is 0.00000161. The van der Waals surface area contributed by atoms with E-state index in [-0.39, 0.29) is 24.0 Å². The highest BCUT2D eigenvalue weighted by Gasteiger charge is 2.33. The van der Waals surface area contributed by atoms with Gasteiger partial charge in [-0.1, -0.05) is 28.8 Å². The predicted molar refractivity (Wildman–Crippen MR) is 85.8 cm³/mol. The van der Waals surface area contributed by atoms with Crippen molar-refractivity contribution in [3.8, 4) is 0 Å². The Hall–Kier alpha value is -0.230. The number of nitrogens with one attached hydrogen (secondary N) is 1. The molecule has 1 aromatic carbocycles. The van der Waals surface area contributed by atoms with Crippen molar-refractivity contribution in [1.29, 1.82) is 0 Å². The van der Waals surface area contributed by atoms with Gasteiger partial charge in [0.2, 0.25) is 0 Å². The fourth-order valence-corrected chi connectivity index (χ4v) is 3.39.